The monoisotopic (exact) mass is 1260 g/mol. The number of hydrogen-bond donors (Lipinski definition) is 1. The highest BCUT2D eigenvalue weighted by Gasteiger charge is 2.59. The SMILES string of the molecule is C=C1C[C@@H](C[C@H]2C[C@@H](O[Si](C)(C)C(C)(C)C)C[C@@H](C[C@H](CC(=O)O)OCc3ccc(OC)cc3)O2)O[C@@H](C=CC(C)(C)[C@]2(OC)O[C@H](C[C@@H](O[Si](C)(C)C(C)(C)C)[C@@H](C)OCOCc3ccccc3)CC(=CC(=O)OC)[C@@H]2OC(=O)CCCCCCC)C1. The summed E-state index contributed by atoms with van der Waals surface area (Å²) in [7, 11) is -0.181. The minimum Gasteiger partial charge on any atom is -0.497 e. The maximum atomic E-state index is 14.2. The summed E-state index contributed by atoms with van der Waals surface area (Å²) in [5.74, 6) is -2.92. The molecule has 0 saturated carbocycles. The van der Waals surface area contributed by atoms with Gasteiger partial charge in [-0.2, -0.15) is 0 Å². The molecule has 16 nitrogen and oxygen atoms in total. The van der Waals surface area contributed by atoms with E-state index in [9.17, 15) is 19.5 Å². The average Bonchev–Trinajstić information content (AvgIpc) is 1.05. The Morgan fingerprint density at radius 2 is 1.43 bits per heavy atom. The van der Waals surface area contributed by atoms with Gasteiger partial charge in [0.25, 0.3) is 0 Å². The fourth-order valence-corrected chi connectivity index (χ4v) is 14.2. The Labute approximate surface area is 530 Å². The number of ether oxygens (including phenoxy) is 10. The highest BCUT2D eigenvalue weighted by atomic mass is 28.4. The van der Waals surface area contributed by atoms with Crippen LogP contribution in [0.15, 0.2) is 90.6 Å². The van der Waals surface area contributed by atoms with E-state index in [4.69, 9.17) is 56.2 Å². The van der Waals surface area contributed by atoms with Gasteiger partial charge in [0.05, 0.1) is 82.7 Å². The molecule has 3 aliphatic heterocycles. The third kappa shape index (κ3) is 22.7. The summed E-state index contributed by atoms with van der Waals surface area (Å²) in [6, 6.07) is 17.5. The summed E-state index contributed by atoms with van der Waals surface area (Å²) in [4.78, 5) is 40.0. The third-order valence-corrected chi connectivity index (χ3v) is 27.7. The predicted molar refractivity (Wildman–Crippen MR) is 349 cm³/mol. The Kier molecular flexibility index (Phi) is 28.9. The van der Waals surface area contributed by atoms with Crippen molar-refractivity contribution in [3.63, 3.8) is 0 Å². The number of carbonyl (C=O) groups is 3. The lowest BCUT2D eigenvalue weighted by molar-refractivity contribution is -0.338. The second-order valence-electron chi connectivity index (χ2n) is 28.3. The molecule has 2 aromatic rings. The van der Waals surface area contributed by atoms with Gasteiger partial charge in [-0.25, -0.2) is 4.79 Å². The maximum absolute atomic E-state index is 14.2. The molecule has 0 radical (unpaired) electrons. The van der Waals surface area contributed by atoms with E-state index in [2.05, 4.69) is 81.2 Å². The standard InChI is InChI=1S/C70H112O16Si2/c1-19-20-21-22-26-29-64(73)83-66-53(39-65(74)76-13)38-60(44-62(86-88(17,18)68(7,8)9)50(3)80-48-78-46-51-27-24-23-25-28-51)84-70(66,77-14)69(10,11)35-34-55-36-49(2)37-57(81-55)41-59-43-61(85-87(15,16)67(4,5)6)42-58(82-59)40-56(45-63(71)72)79-47-52-30-32-54(75-12)33-31-52/h23-25,27-28,30-35,39,50,55-62,66H,2,19-22,26,29,36-38,40-48H2,1,3-18H3,(H,71,72)/t50-,55+,56-,57+,58-,59+,60+,61+,62-,66+,70-/m1/s1. The second kappa shape index (κ2) is 34.0. The Morgan fingerprint density at radius 3 is 2.06 bits per heavy atom. The maximum Gasteiger partial charge on any atom is 0.330 e. The van der Waals surface area contributed by atoms with Gasteiger partial charge in [-0.3, -0.25) is 9.59 Å². The summed E-state index contributed by atoms with van der Waals surface area (Å²) in [6.45, 7) is 35.6. The van der Waals surface area contributed by atoms with Gasteiger partial charge in [0.2, 0.25) is 5.79 Å². The molecular formula is C70H112O16Si2. The number of carboxylic acids is 1. The molecule has 1 N–H and O–H groups in total. The van der Waals surface area contributed by atoms with Crippen molar-refractivity contribution in [2.24, 2.45) is 5.41 Å². The van der Waals surface area contributed by atoms with E-state index in [-0.39, 0.29) is 67.2 Å². The van der Waals surface area contributed by atoms with Crippen molar-refractivity contribution in [2.75, 3.05) is 28.1 Å². The molecule has 5 rings (SSSR count). The van der Waals surface area contributed by atoms with Gasteiger partial charge in [-0.15, -0.1) is 0 Å². The molecule has 18 heteroatoms. The van der Waals surface area contributed by atoms with Gasteiger partial charge in [0.15, 0.2) is 22.7 Å². The molecule has 3 saturated heterocycles. The number of carboxylic acid groups (broad SMARTS) is 1. The van der Waals surface area contributed by atoms with Crippen molar-refractivity contribution in [3.8, 4) is 5.75 Å². The number of benzene rings is 2. The van der Waals surface area contributed by atoms with Crippen LogP contribution in [-0.4, -0.2) is 135 Å². The lowest BCUT2D eigenvalue weighted by Crippen LogP contribution is -2.63. The van der Waals surface area contributed by atoms with E-state index in [0.29, 0.717) is 63.5 Å². The van der Waals surface area contributed by atoms with E-state index >= 15 is 0 Å². The van der Waals surface area contributed by atoms with Gasteiger partial charge in [0, 0.05) is 50.4 Å². The molecule has 0 amide bonds. The van der Waals surface area contributed by atoms with Crippen molar-refractivity contribution in [1.82, 2.24) is 0 Å². The summed E-state index contributed by atoms with van der Waals surface area (Å²) in [5.41, 5.74) is 2.40. The van der Waals surface area contributed by atoms with Crippen molar-refractivity contribution in [2.45, 2.75) is 282 Å². The molecule has 3 heterocycles. The van der Waals surface area contributed by atoms with Crippen LogP contribution in [-0.2, 0) is 79.1 Å². The molecule has 496 valence electrons. The first-order valence-corrected chi connectivity index (χ1v) is 38.1. The van der Waals surface area contributed by atoms with Gasteiger partial charge < -0.3 is 61.3 Å². The van der Waals surface area contributed by atoms with Gasteiger partial charge in [0.1, 0.15) is 12.5 Å². The zero-order chi connectivity index (χ0) is 65.1. The number of unbranched alkanes of at least 4 members (excludes halogenated alkanes) is 4. The fourth-order valence-electron chi connectivity index (χ4n) is 11.4. The number of rotatable bonds is 34. The van der Waals surface area contributed by atoms with Crippen LogP contribution in [0.5, 0.6) is 5.75 Å². The summed E-state index contributed by atoms with van der Waals surface area (Å²) < 4.78 is 78.4. The van der Waals surface area contributed by atoms with E-state index in [0.717, 1.165) is 48.1 Å². The first-order valence-electron chi connectivity index (χ1n) is 32.3. The van der Waals surface area contributed by atoms with Crippen molar-refractivity contribution in [1.29, 1.82) is 0 Å². The van der Waals surface area contributed by atoms with Crippen LogP contribution in [0.3, 0.4) is 0 Å². The van der Waals surface area contributed by atoms with Gasteiger partial charge in [-0.1, -0.05) is 155 Å². The highest BCUT2D eigenvalue weighted by Crippen LogP contribution is 2.50. The quantitative estimate of drug-likeness (QED) is 0.0174. The van der Waals surface area contributed by atoms with E-state index in [1.54, 1.807) is 14.2 Å². The zero-order valence-electron chi connectivity index (χ0n) is 56.7. The first kappa shape index (κ1) is 74.7. The second-order valence-corrected chi connectivity index (χ2v) is 37.8. The molecule has 0 aromatic heterocycles. The summed E-state index contributed by atoms with van der Waals surface area (Å²) >= 11 is 0. The average molecular weight is 1270 g/mol. The zero-order valence-corrected chi connectivity index (χ0v) is 58.7. The smallest absolute Gasteiger partial charge is 0.330 e. The fraction of sp³-hybridized carbons (Fsp3) is 0.700. The van der Waals surface area contributed by atoms with Crippen LogP contribution < -0.4 is 4.74 Å². The lowest BCUT2D eigenvalue weighted by Gasteiger charge is -2.53. The van der Waals surface area contributed by atoms with Crippen LogP contribution in [0.2, 0.25) is 36.3 Å². The molecule has 2 aromatic carbocycles. The Balaban J connectivity index is 1.46. The van der Waals surface area contributed by atoms with E-state index < -0.39 is 82.4 Å². The molecule has 88 heavy (non-hydrogen) atoms. The summed E-state index contributed by atoms with van der Waals surface area (Å²) in [5, 5.41) is 9.89. The summed E-state index contributed by atoms with van der Waals surface area (Å²) in [6.07, 6.45) is 9.42. The minimum absolute atomic E-state index is 0.0332. The minimum atomic E-state index is -2.45. The number of methoxy groups -OCH3 is 3. The van der Waals surface area contributed by atoms with E-state index in [1.807, 2.05) is 87.5 Å². The normalized spacial score (nSPS) is 24.9. The van der Waals surface area contributed by atoms with Crippen molar-refractivity contribution < 1.29 is 75.7 Å². The molecule has 3 aliphatic rings. The van der Waals surface area contributed by atoms with Crippen LogP contribution in [0, 0.1) is 5.41 Å². The van der Waals surface area contributed by atoms with Gasteiger partial charge >= 0.3 is 17.9 Å². The van der Waals surface area contributed by atoms with Crippen molar-refractivity contribution >= 4 is 34.5 Å². The topological polar surface area (TPSA) is 182 Å². The van der Waals surface area contributed by atoms with Crippen LogP contribution in [0.1, 0.15) is 177 Å². The largest absolute Gasteiger partial charge is 0.497 e. The molecule has 0 aliphatic carbocycles. The molecule has 0 bridgehead atoms. The Morgan fingerprint density at radius 1 is 0.773 bits per heavy atom. The van der Waals surface area contributed by atoms with Crippen LogP contribution >= 0.6 is 0 Å². The first-order chi connectivity index (χ1) is 41.3. The predicted octanol–water partition coefficient (Wildman–Crippen LogP) is 15.3. The number of aliphatic carboxylic acids is 1. The lowest BCUT2D eigenvalue weighted by atomic mass is 9.73. The van der Waals surface area contributed by atoms with E-state index in [1.165, 1.54) is 13.2 Å². The third-order valence-electron chi connectivity index (χ3n) is 18.6. The molecule has 0 unspecified atom stereocenters. The van der Waals surface area contributed by atoms with Gasteiger partial charge in [-0.05, 0) is 111 Å². The number of hydrogen-bond acceptors (Lipinski definition) is 15. The van der Waals surface area contributed by atoms with Crippen LogP contribution in [0.4, 0.5) is 0 Å². The number of esters is 2. The molecule has 0 spiro atoms. The Hall–Kier alpha value is -4.06. The van der Waals surface area contributed by atoms with Crippen molar-refractivity contribution in [3.05, 3.63) is 102 Å². The molecule has 11 atom stereocenters. The highest BCUT2D eigenvalue weighted by molar-refractivity contribution is 6.74. The number of carbonyl (C=O) groups excluding carboxylic acids is 2. The molecular weight excluding hydrogens is 1150 g/mol. The molecule has 3 fully saturated rings. The van der Waals surface area contributed by atoms with Crippen LogP contribution in [0.25, 0.3) is 0 Å². The Bertz CT molecular complexity index is 2540.